The molecule has 0 fully saturated rings. The van der Waals surface area contributed by atoms with Gasteiger partial charge in [0.2, 0.25) is 5.91 Å². The van der Waals surface area contributed by atoms with Crippen LogP contribution >= 0.6 is 0 Å². The Hall–Kier alpha value is -1.77. The number of rotatable bonds is 1. The van der Waals surface area contributed by atoms with Crippen LogP contribution in [0.4, 0.5) is 5.69 Å². The molecule has 1 amide bonds. The summed E-state index contributed by atoms with van der Waals surface area (Å²) in [6.07, 6.45) is 0. The van der Waals surface area contributed by atoms with E-state index in [4.69, 9.17) is 0 Å². The second kappa shape index (κ2) is 3.67. The lowest BCUT2D eigenvalue weighted by Gasteiger charge is -2.07. The highest BCUT2D eigenvalue weighted by molar-refractivity contribution is 5.96. The van der Waals surface area contributed by atoms with E-state index < -0.39 is 0 Å². The van der Waals surface area contributed by atoms with E-state index in [0.717, 1.165) is 16.8 Å². The van der Waals surface area contributed by atoms with Crippen molar-refractivity contribution in [3.63, 3.8) is 0 Å². The quantitative estimate of drug-likeness (QED) is 0.756. The molecule has 0 atom stereocenters. The number of carbonyl (C=O) groups is 1. The van der Waals surface area contributed by atoms with Crippen LogP contribution in [0.25, 0.3) is 10.9 Å². The van der Waals surface area contributed by atoms with Gasteiger partial charge in [0.25, 0.3) is 0 Å². The highest BCUT2D eigenvalue weighted by atomic mass is 16.1. The molecule has 1 aromatic heterocycles. The number of anilines is 1. The van der Waals surface area contributed by atoms with Gasteiger partial charge in [0, 0.05) is 29.2 Å². The summed E-state index contributed by atoms with van der Waals surface area (Å²) in [6.45, 7) is 7.72. The van der Waals surface area contributed by atoms with Crippen molar-refractivity contribution in [3.05, 3.63) is 29.0 Å². The van der Waals surface area contributed by atoms with E-state index in [2.05, 4.69) is 24.1 Å². The molecule has 0 bridgehead atoms. The van der Waals surface area contributed by atoms with E-state index in [-0.39, 0.29) is 5.91 Å². The maximum Gasteiger partial charge on any atom is 0.221 e. The SMILES string of the molecule is CC(=O)Nc1ccc2[nH]c(C)c(C)c2c1C. The van der Waals surface area contributed by atoms with Gasteiger partial charge in [-0.25, -0.2) is 0 Å². The average molecular weight is 216 g/mol. The average Bonchev–Trinajstić information content (AvgIpc) is 2.48. The third kappa shape index (κ3) is 1.58. The van der Waals surface area contributed by atoms with Crippen LogP contribution in [0.3, 0.4) is 0 Å². The van der Waals surface area contributed by atoms with Crippen molar-refractivity contribution in [1.29, 1.82) is 0 Å². The zero-order valence-electron chi connectivity index (χ0n) is 10.1. The molecule has 84 valence electrons. The zero-order chi connectivity index (χ0) is 11.9. The van der Waals surface area contributed by atoms with Gasteiger partial charge < -0.3 is 10.3 Å². The third-order valence-electron chi connectivity index (χ3n) is 3.04. The lowest BCUT2D eigenvalue weighted by Crippen LogP contribution is -2.07. The number of benzene rings is 1. The van der Waals surface area contributed by atoms with Crippen LogP contribution in [-0.4, -0.2) is 10.9 Å². The van der Waals surface area contributed by atoms with Crippen molar-refractivity contribution in [1.82, 2.24) is 4.98 Å². The summed E-state index contributed by atoms with van der Waals surface area (Å²) in [5, 5.41) is 4.06. The number of aromatic nitrogens is 1. The molecule has 1 aromatic carbocycles. The Morgan fingerprint density at radius 3 is 2.50 bits per heavy atom. The molecule has 0 saturated heterocycles. The summed E-state index contributed by atoms with van der Waals surface area (Å²) in [7, 11) is 0. The summed E-state index contributed by atoms with van der Waals surface area (Å²) in [4.78, 5) is 14.4. The fourth-order valence-electron chi connectivity index (χ4n) is 2.11. The fourth-order valence-corrected chi connectivity index (χ4v) is 2.11. The van der Waals surface area contributed by atoms with Crippen LogP contribution in [0.2, 0.25) is 0 Å². The van der Waals surface area contributed by atoms with Gasteiger partial charge in [-0.1, -0.05) is 0 Å². The largest absolute Gasteiger partial charge is 0.358 e. The lowest BCUT2D eigenvalue weighted by molar-refractivity contribution is -0.114. The van der Waals surface area contributed by atoms with Gasteiger partial charge in [0.05, 0.1) is 0 Å². The van der Waals surface area contributed by atoms with E-state index in [1.807, 2.05) is 19.1 Å². The van der Waals surface area contributed by atoms with Crippen molar-refractivity contribution < 1.29 is 4.79 Å². The van der Waals surface area contributed by atoms with Gasteiger partial charge >= 0.3 is 0 Å². The summed E-state index contributed by atoms with van der Waals surface area (Å²) in [5.41, 5.74) is 5.57. The minimum absolute atomic E-state index is 0.0349. The first-order valence-electron chi connectivity index (χ1n) is 5.36. The number of fused-ring (bicyclic) bond motifs is 1. The predicted octanol–water partition coefficient (Wildman–Crippen LogP) is 3.05. The topological polar surface area (TPSA) is 44.9 Å². The zero-order valence-corrected chi connectivity index (χ0v) is 10.1. The first kappa shape index (κ1) is 10.7. The van der Waals surface area contributed by atoms with Crippen molar-refractivity contribution in [2.24, 2.45) is 0 Å². The minimum atomic E-state index is -0.0349. The molecule has 2 rings (SSSR count). The molecule has 3 nitrogen and oxygen atoms in total. The molecule has 1 heterocycles. The summed E-state index contributed by atoms with van der Waals surface area (Å²) in [5.74, 6) is -0.0349. The van der Waals surface area contributed by atoms with Gasteiger partial charge in [-0.05, 0) is 44.0 Å². The highest BCUT2D eigenvalue weighted by Crippen LogP contribution is 2.29. The molecule has 0 aliphatic heterocycles. The molecule has 0 saturated carbocycles. The lowest BCUT2D eigenvalue weighted by atomic mass is 10.1. The van der Waals surface area contributed by atoms with E-state index in [0.29, 0.717) is 0 Å². The van der Waals surface area contributed by atoms with Gasteiger partial charge in [-0.2, -0.15) is 0 Å². The summed E-state index contributed by atoms with van der Waals surface area (Å²) < 4.78 is 0. The number of nitrogens with one attached hydrogen (secondary N) is 2. The first-order valence-corrected chi connectivity index (χ1v) is 5.36. The monoisotopic (exact) mass is 216 g/mol. The van der Waals surface area contributed by atoms with Crippen LogP contribution in [0.1, 0.15) is 23.7 Å². The van der Waals surface area contributed by atoms with Gasteiger partial charge in [-0.3, -0.25) is 4.79 Å². The number of hydrogen-bond acceptors (Lipinski definition) is 1. The number of hydrogen-bond donors (Lipinski definition) is 2. The Bertz CT molecular complexity index is 567. The smallest absolute Gasteiger partial charge is 0.221 e. The summed E-state index contributed by atoms with van der Waals surface area (Å²) in [6, 6.07) is 3.95. The van der Waals surface area contributed by atoms with Gasteiger partial charge in [-0.15, -0.1) is 0 Å². The molecular weight excluding hydrogens is 200 g/mol. The molecule has 0 aliphatic carbocycles. The second-order valence-electron chi connectivity index (χ2n) is 4.22. The number of carbonyl (C=O) groups excluding carboxylic acids is 1. The third-order valence-corrected chi connectivity index (χ3v) is 3.04. The Morgan fingerprint density at radius 2 is 1.88 bits per heavy atom. The molecule has 0 unspecified atom stereocenters. The maximum absolute atomic E-state index is 11.1. The molecule has 2 aromatic rings. The molecule has 0 radical (unpaired) electrons. The van der Waals surface area contributed by atoms with Crippen molar-refractivity contribution in [2.45, 2.75) is 27.7 Å². The van der Waals surface area contributed by atoms with Crippen molar-refractivity contribution in [2.75, 3.05) is 5.32 Å². The number of aromatic amines is 1. The Labute approximate surface area is 94.9 Å². The molecule has 3 heteroatoms. The van der Waals surface area contributed by atoms with Crippen molar-refractivity contribution in [3.8, 4) is 0 Å². The minimum Gasteiger partial charge on any atom is -0.358 e. The van der Waals surface area contributed by atoms with Crippen LogP contribution in [0, 0.1) is 20.8 Å². The molecule has 16 heavy (non-hydrogen) atoms. The van der Waals surface area contributed by atoms with Crippen LogP contribution in [-0.2, 0) is 4.79 Å². The molecular formula is C13H16N2O. The second-order valence-corrected chi connectivity index (χ2v) is 4.22. The van der Waals surface area contributed by atoms with E-state index >= 15 is 0 Å². The molecule has 0 aliphatic rings. The number of aryl methyl sites for hydroxylation is 3. The Balaban J connectivity index is 2.68. The normalized spacial score (nSPS) is 10.8. The van der Waals surface area contributed by atoms with E-state index in [1.54, 1.807) is 0 Å². The molecule has 2 N–H and O–H groups in total. The van der Waals surface area contributed by atoms with Crippen LogP contribution < -0.4 is 5.32 Å². The van der Waals surface area contributed by atoms with E-state index in [1.165, 1.54) is 23.6 Å². The Kier molecular flexibility index (Phi) is 2.46. The fraction of sp³-hybridized carbons (Fsp3) is 0.308. The van der Waals surface area contributed by atoms with Gasteiger partial charge in [0.15, 0.2) is 0 Å². The van der Waals surface area contributed by atoms with E-state index in [9.17, 15) is 4.79 Å². The number of amides is 1. The maximum atomic E-state index is 11.1. The van der Waals surface area contributed by atoms with Crippen LogP contribution in [0.5, 0.6) is 0 Å². The van der Waals surface area contributed by atoms with Crippen molar-refractivity contribution >= 4 is 22.5 Å². The first-order chi connectivity index (χ1) is 7.50. The summed E-state index contributed by atoms with van der Waals surface area (Å²) >= 11 is 0. The molecule has 0 spiro atoms. The number of H-pyrrole nitrogens is 1. The highest BCUT2D eigenvalue weighted by Gasteiger charge is 2.10. The van der Waals surface area contributed by atoms with Crippen LogP contribution in [0.15, 0.2) is 12.1 Å². The Morgan fingerprint density at radius 1 is 1.19 bits per heavy atom. The van der Waals surface area contributed by atoms with Gasteiger partial charge in [0.1, 0.15) is 0 Å². The standard InChI is InChI=1S/C13H16N2O/c1-7-9(3)14-12-6-5-11(15-10(4)16)8(2)13(7)12/h5-6,14H,1-4H3,(H,15,16). The predicted molar refractivity (Wildman–Crippen MR) is 66.8 cm³/mol.